The van der Waals surface area contributed by atoms with Gasteiger partial charge in [-0.2, -0.15) is 0 Å². The summed E-state index contributed by atoms with van der Waals surface area (Å²) >= 11 is 0. The largest absolute Gasteiger partial charge is 0.496 e. The monoisotopic (exact) mass is 348 g/mol. The normalized spacial score (nSPS) is 16.4. The molecule has 136 valence electrons. The molecule has 0 radical (unpaired) electrons. The first-order chi connectivity index (χ1) is 12.4. The molecule has 2 heteroatoms. The molecule has 2 nitrogen and oxygen atoms in total. The van der Waals surface area contributed by atoms with Crippen molar-refractivity contribution in [2.45, 2.75) is 41.0 Å². The summed E-state index contributed by atoms with van der Waals surface area (Å²) in [6.07, 6.45) is 9.79. The van der Waals surface area contributed by atoms with Gasteiger partial charge in [-0.3, -0.25) is 0 Å². The van der Waals surface area contributed by atoms with Crippen molar-refractivity contribution < 1.29 is 9.47 Å². The number of allylic oxidation sites excluding steroid dienone is 8. The summed E-state index contributed by atoms with van der Waals surface area (Å²) in [5.74, 6) is 1.81. The van der Waals surface area contributed by atoms with Crippen LogP contribution < -0.4 is 19.9 Å². The van der Waals surface area contributed by atoms with Crippen molar-refractivity contribution in [1.29, 1.82) is 0 Å². The number of ether oxygens (including phenoxy) is 2. The summed E-state index contributed by atoms with van der Waals surface area (Å²) in [4.78, 5) is 0. The number of hydrogen-bond acceptors (Lipinski definition) is 2. The second-order valence-corrected chi connectivity index (χ2v) is 7.07. The predicted molar refractivity (Wildman–Crippen MR) is 110 cm³/mol. The van der Waals surface area contributed by atoms with Gasteiger partial charge in [0.05, 0.1) is 14.2 Å². The molecule has 0 fully saturated rings. The van der Waals surface area contributed by atoms with E-state index in [9.17, 15) is 0 Å². The Morgan fingerprint density at radius 1 is 0.846 bits per heavy atom. The minimum atomic E-state index is 0.864. The first kappa shape index (κ1) is 18.3. The SMILES string of the molecule is CCc1c(OC)cc2c(c1OC)=CC=C(C)C1=C(C)C=C(C)C=C(C)C=21. The molecule has 2 aliphatic carbocycles. The van der Waals surface area contributed by atoms with Crippen molar-refractivity contribution in [3.8, 4) is 11.5 Å². The predicted octanol–water partition coefficient (Wildman–Crippen LogP) is 4.38. The molecule has 0 N–H and O–H groups in total. The minimum absolute atomic E-state index is 0.864. The third kappa shape index (κ3) is 2.84. The molecule has 1 aromatic carbocycles. The first-order valence-electron chi connectivity index (χ1n) is 9.18. The van der Waals surface area contributed by atoms with E-state index in [-0.39, 0.29) is 0 Å². The number of hydrogen-bond donors (Lipinski definition) is 0. The fraction of sp³-hybridized carbons (Fsp3) is 0.333. The van der Waals surface area contributed by atoms with E-state index in [0.29, 0.717) is 0 Å². The van der Waals surface area contributed by atoms with Crippen molar-refractivity contribution >= 4 is 11.6 Å². The molecule has 0 aliphatic heterocycles. The summed E-state index contributed by atoms with van der Waals surface area (Å²) in [6, 6.07) is 2.18. The zero-order valence-electron chi connectivity index (χ0n) is 16.9. The van der Waals surface area contributed by atoms with Gasteiger partial charge in [0.25, 0.3) is 0 Å². The van der Waals surface area contributed by atoms with Crippen molar-refractivity contribution in [3.05, 3.63) is 68.2 Å². The van der Waals surface area contributed by atoms with E-state index in [0.717, 1.165) is 28.7 Å². The highest BCUT2D eigenvalue weighted by atomic mass is 16.5. The highest BCUT2D eigenvalue weighted by Gasteiger charge is 2.21. The highest BCUT2D eigenvalue weighted by molar-refractivity contribution is 5.87. The molecule has 0 saturated heterocycles. The van der Waals surface area contributed by atoms with Crippen LogP contribution >= 0.6 is 0 Å². The molecule has 0 bridgehead atoms. The smallest absolute Gasteiger partial charge is 0.133 e. The fourth-order valence-corrected chi connectivity index (χ4v) is 4.23. The lowest BCUT2D eigenvalue weighted by atomic mass is 9.89. The zero-order valence-corrected chi connectivity index (χ0v) is 16.9. The molecule has 0 aromatic heterocycles. The van der Waals surface area contributed by atoms with Gasteiger partial charge in [0.2, 0.25) is 0 Å². The molecule has 1 aromatic rings. The summed E-state index contributed by atoms with van der Waals surface area (Å²) in [7, 11) is 3.48. The van der Waals surface area contributed by atoms with E-state index in [1.54, 1.807) is 14.2 Å². The number of fused-ring (bicyclic) bond motifs is 2. The van der Waals surface area contributed by atoms with Crippen LogP contribution in [0, 0.1) is 0 Å². The van der Waals surface area contributed by atoms with Gasteiger partial charge in [-0.1, -0.05) is 36.8 Å². The standard InChI is InChI=1S/C24H28O2/c1-8-18-21(25-6)13-20-19(24(18)26-7)10-9-15(3)22-16(4)11-14(2)12-17(5)23(20)22/h9-13H,8H2,1-7H3. The number of rotatable bonds is 3. The Morgan fingerprint density at radius 2 is 1.58 bits per heavy atom. The molecular weight excluding hydrogens is 320 g/mol. The van der Waals surface area contributed by atoms with E-state index in [4.69, 9.17) is 9.47 Å². The van der Waals surface area contributed by atoms with Gasteiger partial charge in [0.1, 0.15) is 11.5 Å². The van der Waals surface area contributed by atoms with Gasteiger partial charge in [-0.15, -0.1) is 0 Å². The van der Waals surface area contributed by atoms with Crippen molar-refractivity contribution in [2.75, 3.05) is 14.2 Å². The van der Waals surface area contributed by atoms with Crippen LogP contribution in [0.25, 0.3) is 11.6 Å². The molecule has 2 aliphatic rings. The molecule has 3 rings (SSSR count). The maximum atomic E-state index is 5.86. The Bertz CT molecular complexity index is 1010. The second-order valence-electron chi connectivity index (χ2n) is 7.07. The van der Waals surface area contributed by atoms with E-state index < -0.39 is 0 Å². The van der Waals surface area contributed by atoms with Crippen molar-refractivity contribution in [3.63, 3.8) is 0 Å². The Hall–Kier alpha value is -2.48. The molecule has 0 unspecified atom stereocenters. The lowest BCUT2D eigenvalue weighted by Crippen LogP contribution is -2.30. The molecule has 26 heavy (non-hydrogen) atoms. The van der Waals surface area contributed by atoms with Gasteiger partial charge in [0, 0.05) is 10.8 Å². The average molecular weight is 348 g/mol. The van der Waals surface area contributed by atoms with Crippen molar-refractivity contribution in [2.24, 2.45) is 0 Å². The summed E-state index contributed by atoms with van der Waals surface area (Å²) in [5.41, 5.74) is 8.79. The van der Waals surface area contributed by atoms with Gasteiger partial charge in [0.15, 0.2) is 0 Å². The fourth-order valence-electron chi connectivity index (χ4n) is 4.23. The lowest BCUT2D eigenvalue weighted by Gasteiger charge is -2.17. The van der Waals surface area contributed by atoms with Crippen LogP contribution in [0.2, 0.25) is 0 Å². The van der Waals surface area contributed by atoms with Crippen LogP contribution in [0.3, 0.4) is 0 Å². The van der Waals surface area contributed by atoms with Gasteiger partial charge in [-0.05, 0) is 73.3 Å². The summed E-state index contributed by atoms with van der Waals surface area (Å²) in [6.45, 7) is 10.9. The van der Waals surface area contributed by atoms with Crippen LogP contribution in [0.1, 0.15) is 40.2 Å². The van der Waals surface area contributed by atoms with E-state index in [1.165, 1.54) is 38.7 Å². The number of methoxy groups -OCH3 is 2. The molecule has 0 heterocycles. The summed E-state index contributed by atoms with van der Waals surface area (Å²) < 4.78 is 11.6. The Balaban J connectivity index is 2.62. The molecule has 0 saturated carbocycles. The Kier molecular flexibility index (Phi) is 4.95. The molecule has 0 atom stereocenters. The van der Waals surface area contributed by atoms with Crippen LogP contribution in [0.4, 0.5) is 0 Å². The quantitative estimate of drug-likeness (QED) is 0.807. The lowest BCUT2D eigenvalue weighted by molar-refractivity contribution is 0.383. The molecule has 0 spiro atoms. The van der Waals surface area contributed by atoms with Crippen LogP contribution in [-0.4, -0.2) is 14.2 Å². The maximum absolute atomic E-state index is 5.86. The minimum Gasteiger partial charge on any atom is -0.496 e. The third-order valence-corrected chi connectivity index (χ3v) is 5.25. The van der Waals surface area contributed by atoms with Crippen LogP contribution in [-0.2, 0) is 6.42 Å². The maximum Gasteiger partial charge on any atom is 0.133 e. The van der Waals surface area contributed by atoms with Gasteiger partial charge in [-0.25, -0.2) is 0 Å². The van der Waals surface area contributed by atoms with Crippen molar-refractivity contribution in [1.82, 2.24) is 0 Å². The number of benzene rings is 1. The van der Waals surface area contributed by atoms with E-state index >= 15 is 0 Å². The van der Waals surface area contributed by atoms with E-state index in [2.05, 4.69) is 65.0 Å². The van der Waals surface area contributed by atoms with Gasteiger partial charge >= 0.3 is 0 Å². The van der Waals surface area contributed by atoms with Crippen LogP contribution in [0.5, 0.6) is 11.5 Å². The van der Waals surface area contributed by atoms with Crippen LogP contribution in [0.15, 0.2) is 52.2 Å². The van der Waals surface area contributed by atoms with E-state index in [1.807, 2.05) is 0 Å². The van der Waals surface area contributed by atoms with Gasteiger partial charge < -0.3 is 9.47 Å². The Labute approximate surface area is 156 Å². The first-order valence-corrected chi connectivity index (χ1v) is 9.18. The highest BCUT2D eigenvalue weighted by Crippen LogP contribution is 2.35. The Morgan fingerprint density at radius 3 is 2.19 bits per heavy atom. The second kappa shape index (κ2) is 7.03. The average Bonchev–Trinajstić information content (AvgIpc) is 2.82. The topological polar surface area (TPSA) is 18.5 Å². The summed E-state index contributed by atoms with van der Waals surface area (Å²) in [5, 5.41) is 2.31. The molecular formula is C24H28O2. The zero-order chi connectivity index (χ0) is 19.0. The third-order valence-electron chi connectivity index (χ3n) is 5.25. The molecule has 0 amide bonds.